The standard InChI is InChI=1S/C10H10O2/c1-7-3-4-9-10(5-8(7)2)12-6-11-9/h3,5H,6H2,1-2H3. The molecule has 0 aromatic heterocycles. The Balaban J connectivity index is 2.52. The average Bonchev–Trinajstić information content (AvgIpc) is 2.43. The van der Waals surface area contributed by atoms with E-state index in [2.05, 4.69) is 5.73 Å². The molecule has 0 amide bonds. The molecular formula is C10H10O2. The monoisotopic (exact) mass is 162 g/mol. The molecule has 0 atom stereocenters. The molecule has 2 aliphatic rings. The summed E-state index contributed by atoms with van der Waals surface area (Å²) in [5.74, 6) is 1.51. The molecule has 0 aromatic carbocycles. The van der Waals surface area contributed by atoms with E-state index >= 15 is 0 Å². The predicted molar refractivity (Wildman–Crippen MR) is 45.1 cm³/mol. The predicted octanol–water partition coefficient (Wildman–Crippen LogP) is 2.26. The van der Waals surface area contributed by atoms with E-state index in [1.807, 2.05) is 26.0 Å². The Morgan fingerprint density at radius 2 is 2.08 bits per heavy atom. The Hall–Kier alpha value is -1.40. The van der Waals surface area contributed by atoms with Gasteiger partial charge in [-0.2, -0.15) is 0 Å². The number of hydrogen-bond acceptors (Lipinski definition) is 2. The van der Waals surface area contributed by atoms with Gasteiger partial charge in [0.1, 0.15) is 0 Å². The summed E-state index contributed by atoms with van der Waals surface area (Å²) in [6.45, 7) is 4.40. The van der Waals surface area contributed by atoms with Crippen molar-refractivity contribution >= 4 is 0 Å². The largest absolute Gasteiger partial charge is 0.453 e. The van der Waals surface area contributed by atoms with Crippen LogP contribution in [0.15, 0.2) is 40.5 Å². The SMILES string of the molecule is CC1=C(C)C=C2OCOC2=C=C1. The van der Waals surface area contributed by atoms with Gasteiger partial charge in [0.25, 0.3) is 0 Å². The van der Waals surface area contributed by atoms with Gasteiger partial charge in [-0.3, -0.25) is 0 Å². The molecule has 1 aliphatic heterocycles. The van der Waals surface area contributed by atoms with Gasteiger partial charge in [-0.05, 0) is 37.1 Å². The summed E-state index contributed by atoms with van der Waals surface area (Å²) in [7, 11) is 0. The maximum atomic E-state index is 5.24. The lowest BCUT2D eigenvalue weighted by molar-refractivity contribution is 0.0978. The minimum absolute atomic E-state index is 0.314. The van der Waals surface area contributed by atoms with Crippen LogP contribution in [0.4, 0.5) is 0 Å². The summed E-state index contributed by atoms with van der Waals surface area (Å²) in [6.07, 6.45) is 3.90. The number of allylic oxidation sites excluding steroid dienone is 3. The van der Waals surface area contributed by atoms with Crippen LogP contribution >= 0.6 is 0 Å². The van der Waals surface area contributed by atoms with E-state index in [4.69, 9.17) is 9.47 Å². The second kappa shape index (κ2) is 2.58. The summed E-state index contributed by atoms with van der Waals surface area (Å²) in [5.41, 5.74) is 5.43. The van der Waals surface area contributed by atoms with Crippen molar-refractivity contribution in [3.05, 3.63) is 40.5 Å². The highest BCUT2D eigenvalue weighted by Gasteiger charge is 2.17. The molecule has 0 aromatic rings. The highest BCUT2D eigenvalue weighted by atomic mass is 16.7. The molecule has 1 heterocycles. The topological polar surface area (TPSA) is 18.5 Å². The molecule has 0 spiro atoms. The first-order valence-electron chi connectivity index (χ1n) is 3.89. The molecule has 62 valence electrons. The Bertz CT molecular complexity index is 339. The van der Waals surface area contributed by atoms with Crippen LogP contribution in [-0.2, 0) is 9.47 Å². The van der Waals surface area contributed by atoms with Crippen LogP contribution in [0.2, 0.25) is 0 Å². The third-order valence-corrected chi connectivity index (χ3v) is 2.03. The minimum atomic E-state index is 0.314. The molecule has 1 saturated heterocycles. The fourth-order valence-electron chi connectivity index (χ4n) is 1.11. The van der Waals surface area contributed by atoms with Gasteiger partial charge in [-0.25, -0.2) is 0 Å². The average molecular weight is 162 g/mol. The van der Waals surface area contributed by atoms with E-state index in [0.717, 1.165) is 5.76 Å². The van der Waals surface area contributed by atoms with Crippen molar-refractivity contribution in [3.8, 4) is 0 Å². The fourth-order valence-corrected chi connectivity index (χ4v) is 1.11. The van der Waals surface area contributed by atoms with Crippen molar-refractivity contribution < 1.29 is 9.47 Å². The molecule has 0 N–H and O–H groups in total. The Labute approximate surface area is 71.5 Å². The Kier molecular flexibility index (Phi) is 1.56. The van der Waals surface area contributed by atoms with E-state index in [0.29, 0.717) is 12.6 Å². The first kappa shape index (κ1) is 7.26. The fraction of sp³-hybridized carbons (Fsp3) is 0.300. The summed E-state index contributed by atoms with van der Waals surface area (Å²) < 4.78 is 10.4. The van der Waals surface area contributed by atoms with Crippen molar-refractivity contribution in [2.75, 3.05) is 6.79 Å². The summed E-state index contributed by atoms with van der Waals surface area (Å²) in [5, 5.41) is 0. The van der Waals surface area contributed by atoms with E-state index in [1.165, 1.54) is 11.1 Å². The van der Waals surface area contributed by atoms with E-state index < -0.39 is 0 Å². The minimum Gasteiger partial charge on any atom is -0.453 e. The molecule has 2 rings (SSSR count). The van der Waals surface area contributed by atoms with E-state index in [9.17, 15) is 0 Å². The first-order valence-corrected chi connectivity index (χ1v) is 3.89. The Morgan fingerprint density at radius 3 is 2.92 bits per heavy atom. The number of hydrogen-bond donors (Lipinski definition) is 0. The maximum absolute atomic E-state index is 5.24. The summed E-state index contributed by atoms with van der Waals surface area (Å²) in [4.78, 5) is 0. The molecular weight excluding hydrogens is 152 g/mol. The number of rotatable bonds is 0. The smallest absolute Gasteiger partial charge is 0.232 e. The van der Waals surface area contributed by atoms with Crippen LogP contribution in [0.3, 0.4) is 0 Å². The summed E-state index contributed by atoms with van der Waals surface area (Å²) >= 11 is 0. The highest BCUT2D eigenvalue weighted by Crippen LogP contribution is 2.24. The maximum Gasteiger partial charge on any atom is 0.232 e. The van der Waals surface area contributed by atoms with Gasteiger partial charge in [0, 0.05) is 0 Å². The molecule has 0 saturated carbocycles. The second-order valence-corrected chi connectivity index (χ2v) is 2.90. The van der Waals surface area contributed by atoms with Crippen molar-refractivity contribution in [2.45, 2.75) is 13.8 Å². The van der Waals surface area contributed by atoms with E-state index in [1.54, 1.807) is 0 Å². The quantitative estimate of drug-likeness (QED) is 0.509. The van der Waals surface area contributed by atoms with Gasteiger partial charge >= 0.3 is 0 Å². The molecule has 0 bridgehead atoms. The molecule has 1 fully saturated rings. The Morgan fingerprint density at radius 1 is 1.25 bits per heavy atom. The molecule has 2 heteroatoms. The van der Waals surface area contributed by atoms with Crippen molar-refractivity contribution in [1.29, 1.82) is 0 Å². The molecule has 2 nitrogen and oxygen atoms in total. The van der Waals surface area contributed by atoms with Crippen molar-refractivity contribution in [3.63, 3.8) is 0 Å². The van der Waals surface area contributed by atoms with Crippen LogP contribution in [0, 0.1) is 0 Å². The lowest BCUT2D eigenvalue weighted by Gasteiger charge is -1.95. The van der Waals surface area contributed by atoms with Crippen LogP contribution in [0.1, 0.15) is 13.8 Å². The molecule has 1 aliphatic carbocycles. The van der Waals surface area contributed by atoms with Gasteiger partial charge in [-0.1, -0.05) is 5.73 Å². The summed E-state index contributed by atoms with van der Waals surface area (Å²) in [6, 6.07) is 0. The zero-order chi connectivity index (χ0) is 8.55. The van der Waals surface area contributed by atoms with Crippen molar-refractivity contribution in [2.24, 2.45) is 0 Å². The molecule has 12 heavy (non-hydrogen) atoms. The zero-order valence-electron chi connectivity index (χ0n) is 7.18. The molecule has 0 unspecified atom stereocenters. The zero-order valence-corrected chi connectivity index (χ0v) is 7.18. The number of ether oxygens (including phenoxy) is 2. The third-order valence-electron chi connectivity index (χ3n) is 2.03. The van der Waals surface area contributed by atoms with Crippen LogP contribution in [0.25, 0.3) is 0 Å². The lowest BCUT2D eigenvalue weighted by Crippen LogP contribution is -1.81. The highest BCUT2D eigenvalue weighted by molar-refractivity contribution is 5.40. The normalized spacial score (nSPS) is 20.5. The molecule has 0 radical (unpaired) electrons. The second-order valence-electron chi connectivity index (χ2n) is 2.90. The van der Waals surface area contributed by atoms with Crippen LogP contribution in [0.5, 0.6) is 0 Å². The first-order chi connectivity index (χ1) is 5.77. The van der Waals surface area contributed by atoms with E-state index in [-0.39, 0.29) is 0 Å². The van der Waals surface area contributed by atoms with Crippen LogP contribution in [-0.4, -0.2) is 6.79 Å². The van der Waals surface area contributed by atoms with Gasteiger partial charge in [0.2, 0.25) is 12.6 Å². The third kappa shape index (κ3) is 1.06. The number of fused-ring (bicyclic) bond motifs is 1. The van der Waals surface area contributed by atoms with Gasteiger partial charge in [-0.15, -0.1) is 0 Å². The van der Waals surface area contributed by atoms with Gasteiger partial charge in [0.05, 0.1) is 0 Å². The lowest BCUT2D eigenvalue weighted by atomic mass is 10.1. The van der Waals surface area contributed by atoms with Gasteiger partial charge < -0.3 is 9.47 Å². The van der Waals surface area contributed by atoms with Crippen LogP contribution < -0.4 is 0 Å². The van der Waals surface area contributed by atoms with Crippen molar-refractivity contribution in [1.82, 2.24) is 0 Å². The van der Waals surface area contributed by atoms with Gasteiger partial charge in [0.15, 0.2) is 5.76 Å².